The number of hydrogen-bond acceptors (Lipinski definition) is 1. The molecule has 0 aliphatic heterocycles. The third-order valence-electron chi connectivity index (χ3n) is 3.07. The van der Waals surface area contributed by atoms with Gasteiger partial charge in [-0.25, -0.2) is 0 Å². The maximum Gasteiger partial charge on any atom is 0.222 e. The second-order valence-electron chi connectivity index (χ2n) is 4.54. The van der Waals surface area contributed by atoms with Gasteiger partial charge in [0.1, 0.15) is 0 Å². The van der Waals surface area contributed by atoms with Crippen molar-refractivity contribution in [3.8, 4) is 0 Å². The summed E-state index contributed by atoms with van der Waals surface area (Å²) in [5.74, 6) is 0.358. The Bertz CT molecular complexity index is 180. The summed E-state index contributed by atoms with van der Waals surface area (Å²) in [6, 6.07) is 0.468. The molecule has 0 aliphatic carbocycles. The van der Waals surface area contributed by atoms with Crippen LogP contribution in [-0.2, 0) is 4.79 Å². The number of nitrogens with zero attached hydrogens (tertiary/aromatic N) is 1. The van der Waals surface area contributed by atoms with Gasteiger partial charge in [0, 0.05) is 19.0 Å². The molecule has 0 heterocycles. The lowest BCUT2D eigenvalue weighted by atomic mass is 10.1. The van der Waals surface area contributed by atoms with Crippen LogP contribution in [0.1, 0.15) is 72.6 Å². The summed E-state index contributed by atoms with van der Waals surface area (Å²) < 4.78 is 0. The largest absolute Gasteiger partial charge is 0.340 e. The van der Waals surface area contributed by atoms with Gasteiger partial charge >= 0.3 is 0 Å². The van der Waals surface area contributed by atoms with Gasteiger partial charge in [-0.2, -0.15) is 0 Å². The monoisotopic (exact) mass is 227 g/mol. The Labute approximate surface area is 101 Å². The molecule has 96 valence electrons. The Morgan fingerprint density at radius 2 is 1.75 bits per heavy atom. The maximum absolute atomic E-state index is 12.1. The molecule has 1 unspecified atom stereocenters. The molecule has 0 rings (SSSR count). The summed E-state index contributed by atoms with van der Waals surface area (Å²) in [4.78, 5) is 14.2. The number of carbonyl (C=O) groups excluding carboxylic acids is 1. The number of carbonyl (C=O) groups is 1. The van der Waals surface area contributed by atoms with Gasteiger partial charge in [0.25, 0.3) is 0 Å². The number of hydrogen-bond donors (Lipinski definition) is 0. The molecule has 0 aliphatic rings. The van der Waals surface area contributed by atoms with E-state index in [0.29, 0.717) is 18.4 Å². The second kappa shape index (κ2) is 9.68. The summed E-state index contributed by atoms with van der Waals surface area (Å²) in [6.45, 7) is 9.61. The fourth-order valence-electron chi connectivity index (χ4n) is 2.11. The summed E-state index contributed by atoms with van der Waals surface area (Å²) in [7, 11) is 0. The minimum absolute atomic E-state index is 0.358. The first-order chi connectivity index (χ1) is 7.71. The molecule has 0 aromatic carbocycles. The lowest BCUT2D eigenvalue weighted by molar-refractivity contribution is -0.133. The van der Waals surface area contributed by atoms with Crippen LogP contribution < -0.4 is 0 Å². The zero-order chi connectivity index (χ0) is 12.4. The van der Waals surface area contributed by atoms with Gasteiger partial charge in [-0.1, -0.05) is 40.5 Å². The van der Waals surface area contributed by atoms with Crippen molar-refractivity contribution >= 4 is 5.91 Å². The average Bonchev–Trinajstić information content (AvgIpc) is 2.28. The molecule has 0 N–H and O–H groups in total. The van der Waals surface area contributed by atoms with E-state index in [2.05, 4.69) is 32.6 Å². The van der Waals surface area contributed by atoms with Crippen molar-refractivity contribution < 1.29 is 4.79 Å². The van der Waals surface area contributed by atoms with E-state index in [9.17, 15) is 4.79 Å². The lowest BCUT2D eigenvalue weighted by Gasteiger charge is -2.31. The highest BCUT2D eigenvalue weighted by atomic mass is 16.2. The van der Waals surface area contributed by atoms with Crippen LogP contribution in [0.15, 0.2) is 0 Å². The highest BCUT2D eigenvalue weighted by Gasteiger charge is 2.19. The molecule has 0 fully saturated rings. The zero-order valence-electron chi connectivity index (χ0n) is 11.6. The standard InChI is InChI=1S/C14H29NO/c1-5-9-12-15(14(16)11-7-3)13(8-4)10-6-2/h13H,5-12H2,1-4H3. The Morgan fingerprint density at radius 1 is 1.06 bits per heavy atom. The molecule has 0 saturated carbocycles. The van der Waals surface area contributed by atoms with Crippen molar-refractivity contribution in [3.05, 3.63) is 0 Å². The van der Waals surface area contributed by atoms with Crippen molar-refractivity contribution in [3.63, 3.8) is 0 Å². The minimum atomic E-state index is 0.358. The van der Waals surface area contributed by atoms with E-state index in [1.807, 2.05) is 0 Å². The zero-order valence-corrected chi connectivity index (χ0v) is 11.6. The van der Waals surface area contributed by atoms with E-state index in [4.69, 9.17) is 0 Å². The van der Waals surface area contributed by atoms with Gasteiger partial charge in [0.15, 0.2) is 0 Å². The van der Waals surface area contributed by atoms with Crippen LogP contribution in [0.2, 0.25) is 0 Å². The van der Waals surface area contributed by atoms with E-state index >= 15 is 0 Å². The summed E-state index contributed by atoms with van der Waals surface area (Å²) in [6.07, 6.45) is 7.38. The van der Waals surface area contributed by atoms with Crippen molar-refractivity contribution in [2.24, 2.45) is 0 Å². The smallest absolute Gasteiger partial charge is 0.222 e. The molecule has 2 heteroatoms. The fourth-order valence-corrected chi connectivity index (χ4v) is 2.11. The topological polar surface area (TPSA) is 20.3 Å². The molecule has 0 bridgehead atoms. The molecular weight excluding hydrogens is 198 g/mol. The normalized spacial score (nSPS) is 12.5. The molecule has 0 radical (unpaired) electrons. The Balaban J connectivity index is 4.41. The molecule has 0 saturated heterocycles. The van der Waals surface area contributed by atoms with Crippen molar-refractivity contribution in [2.75, 3.05) is 6.54 Å². The fraction of sp³-hybridized carbons (Fsp3) is 0.929. The molecule has 0 aromatic heterocycles. The van der Waals surface area contributed by atoms with E-state index in [0.717, 1.165) is 32.2 Å². The van der Waals surface area contributed by atoms with Crippen LogP contribution in [0.4, 0.5) is 0 Å². The van der Waals surface area contributed by atoms with E-state index < -0.39 is 0 Å². The van der Waals surface area contributed by atoms with Gasteiger partial charge in [0.2, 0.25) is 5.91 Å². The lowest BCUT2D eigenvalue weighted by Crippen LogP contribution is -2.40. The Kier molecular flexibility index (Phi) is 9.36. The quantitative estimate of drug-likeness (QED) is 0.583. The summed E-state index contributed by atoms with van der Waals surface area (Å²) in [5, 5.41) is 0. The van der Waals surface area contributed by atoms with Crippen LogP contribution in [0.25, 0.3) is 0 Å². The summed E-state index contributed by atoms with van der Waals surface area (Å²) >= 11 is 0. The van der Waals surface area contributed by atoms with Gasteiger partial charge in [-0.05, 0) is 25.7 Å². The molecule has 2 nitrogen and oxygen atoms in total. The minimum Gasteiger partial charge on any atom is -0.340 e. The predicted molar refractivity (Wildman–Crippen MR) is 70.5 cm³/mol. The average molecular weight is 227 g/mol. The highest BCUT2D eigenvalue weighted by molar-refractivity contribution is 5.76. The third-order valence-corrected chi connectivity index (χ3v) is 3.07. The number of rotatable bonds is 9. The molecule has 16 heavy (non-hydrogen) atoms. The Hall–Kier alpha value is -0.530. The maximum atomic E-state index is 12.1. The third kappa shape index (κ3) is 5.53. The van der Waals surface area contributed by atoms with Gasteiger partial charge in [-0.15, -0.1) is 0 Å². The first kappa shape index (κ1) is 15.5. The Morgan fingerprint density at radius 3 is 2.19 bits per heavy atom. The first-order valence-electron chi connectivity index (χ1n) is 7.00. The van der Waals surface area contributed by atoms with Crippen molar-refractivity contribution in [1.82, 2.24) is 4.90 Å². The molecule has 0 spiro atoms. The van der Waals surface area contributed by atoms with Gasteiger partial charge in [-0.3, -0.25) is 4.79 Å². The van der Waals surface area contributed by atoms with E-state index in [1.54, 1.807) is 0 Å². The second-order valence-corrected chi connectivity index (χ2v) is 4.54. The van der Waals surface area contributed by atoms with E-state index in [1.165, 1.54) is 12.8 Å². The van der Waals surface area contributed by atoms with Crippen LogP contribution >= 0.6 is 0 Å². The van der Waals surface area contributed by atoms with Crippen LogP contribution in [-0.4, -0.2) is 23.4 Å². The SMILES string of the molecule is CCCCN(C(=O)CCC)C(CC)CCC. The molecule has 1 atom stereocenters. The molecule has 0 aromatic rings. The van der Waals surface area contributed by atoms with E-state index in [-0.39, 0.29) is 0 Å². The van der Waals surface area contributed by atoms with Crippen LogP contribution in [0.3, 0.4) is 0 Å². The first-order valence-corrected chi connectivity index (χ1v) is 7.00. The van der Waals surface area contributed by atoms with Crippen LogP contribution in [0.5, 0.6) is 0 Å². The molecule has 1 amide bonds. The van der Waals surface area contributed by atoms with Crippen molar-refractivity contribution in [2.45, 2.75) is 78.7 Å². The van der Waals surface area contributed by atoms with Gasteiger partial charge in [0.05, 0.1) is 0 Å². The van der Waals surface area contributed by atoms with Gasteiger partial charge < -0.3 is 4.90 Å². The highest BCUT2D eigenvalue weighted by Crippen LogP contribution is 2.14. The predicted octanol–water partition coefficient (Wildman–Crippen LogP) is 3.99. The van der Waals surface area contributed by atoms with Crippen molar-refractivity contribution in [1.29, 1.82) is 0 Å². The molecular formula is C14H29NO. The number of unbranched alkanes of at least 4 members (excludes halogenated alkanes) is 1. The van der Waals surface area contributed by atoms with Crippen LogP contribution in [0, 0.1) is 0 Å². The summed E-state index contributed by atoms with van der Waals surface area (Å²) in [5.41, 5.74) is 0. The number of amides is 1.